The van der Waals surface area contributed by atoms with Crippen molar-refractivity contribution in [2.24, 2.45) is 11.8 Å². The fourth-order valence-corrected chi connectivity index (χ4v) is 5.20. The average Bonchev–Trinajstić information content (AvgIpc) is 3.11. The lowest BCUT2D eigenvalue weighted by Crippen LogP contribution is -2.29. The van der Waals surface area contributed by atoms with Crippen LogP contribution in [0.1, 0.15) is 36.7 Å². The van der Waals surface area contributed by atoms with Crippen molar-refractivity contribution in [1.29, 1.82) is 0 Å². The molecular formula is C14H20N2O4S. The fourth-order valence-electron chi connectivity index (χ4n) is 3.60. The van der Waals surface area contributed by atoms with Gasteiger partial charge in [-0.15, -0.1) is 0 Å². The fraction of sp³-hybridized carbons (Fsp3) is 0.643. The molecule has 1 saturated carbocycles. The molecule has 2 atom stereocenters. The number of nitrogens with zero attached hydrogens (tertiary/aromatic N) is 2. The Morgan fingerprint density at radius 3 is 2.43 bits per heavy atom. The molecule has 7 heteroatoms. The van der Waals surface area contributed by atoms with E-state index in [1.54, 1.807) is 6.92 Å². The number of aryl methyl sites for hydroxylation is 1. The van der Waals surface area contributed by atoms with Crippen molar-refractivity contribution >= 4 is 16.0 Å². The first-order chi connectivity index (χ1) is 9.93. The van der Waals surface area contributed by atoms with Crippen LogP contribution in [0.2, 0.25) is 0 Å². The Morgan fingerprint density at radius 2 is 1.95 bits per heavy atom. The summed E-state index contributed by atoms with van der Waals surface area (Å²) in [5.41, 5.74) is 0.0236. The maximum Gasteiger partial charge on any atom is 0.352 e. The lowest BCUT2D eigenvalue weighted by atomic mass is 10.0. The van der Waals surface area contributed by atoms with Crippen LogP contribution in [0.25, 0.3) is 0 Å². The molecule has 3 rings (SSSR count). The van der Waals surface area contributed by atoms with E-state index >= 15 is 0 Å². The summed E-state index contributed by atoms with van der Waals surface area (Å²) in [5.74, 6) is -0.143. The quantitative estimate of drug-likeness (QED) is 0.916. The van der Waals surface area contributed by atoms with E-state index in [1.165, 1.54) is 27.6 Å². The molecule has 1 saturated heterocycles. The minimum atomic E-state index is -3.58. The lowest BCUT2D eigenvalue weighted by molar-refractivity contribution is 0.0685. The van der Waals surface area contributed by atoms with Gasteiger partial charge in [-0.3, -0.25) is 0 Å². The highest BCUT2D eigenvalue weighted by Gasteiger charge is 2.41. The second-order valence-corrected chi connectivity index (χ2v) is 7.86. The first kappa shape index (κ1) is 14.6. The topological polar surface area (TPSA) is 79.6 Å². The lowest BCUT2D eigenvalue weighted by Gasteiger charge is -2.16. The maximum absolute atomic E-state index is 12.7. The van der Waals surface area contributed by atoms with Gasteiger partial charge in [0.1, 0.15) is 10.6 Å². The van der Waals surface area contributed by atoms with Gasteiger partial charge in [0.05, 0.1) is 0 Å². The van der Waals surface area contributed by atoms with Crippen LogP contribution in [-0.2, 0) is 16.6 Å². The summed E-state index contributed by atoms with van der Waals surface area (Å²) in [4.78, 5) is 11.3. The molecule has 2 heterocycles. The minimum Gasteiger partial charge on any atom is -0.477 e. The van der Waals surface area contributed by atoms with Crippen LogP contribution in [0, 0.1) is 11.8 Å². The van der Waals surface area contributed by atoms with Crippen LogP contribution in [0.5, 0.6) is 0 Å². The van der Waals surface area contributed by atoms with Crippen LogP contribution in [-0.4, -0.2) is 41.5 Å². The molecule has 1 aromatic heterocycles. The Kier molecular flexibility index (Phi) is 3.57. The highest BCUT2D eigenvalue weighted by molar-refractivity contribution is 7.89. The summed E-state index contributed by atoms with van der Waals surface area (Å²) in [7, 11) is -3.58. The molecule has 0 radical (unpaired) electrons. The SMILES string of the molecule is CCn1cc(S(=O)(=O)N2C[C@H]3CCC[C@H]3C2)cc1C(=O)O. The van der Waals surface area contributed by atoms with Crippen molar-refractivity contribution in [2.75, 3.05) is 13.1 Å². The largest absolute Gasteiger partial charge is 0.477 e. The van der Waals surface area contributed by atoms with E-state index in [4.69, 9.17) is 5.11 Å². The van der Waals surface area contributed by atoms with Crippen LogP contribution in [0.15, 0.2) is 17.2 Å². The van der Waals surface area contributed by atoms with E-state index < -0.39 is 16.0 Å². The number of hydrogen-bond donors (Lipinski definition) is 1. The van der Waals surface area contributed by atoms with Gasteiger partial charge in [0.25, 0.3) is 0 Å². The molecule has 1 aromatic rings. The Labute approximate surface area is 124 Å². The highest BCUT2D eigenvalue weighted by atomic mass is 32.2. The molecule has 0 aromatic carbocycles. The summed E-state index contributed by atoms with van der Waals surface area (Å²) in [5, 5.41) is 9.14. The van der Waals surface area contributed by atoms with Crippen LogP contribution < -0.4 is 0 Å². The monoisotopic (exact) mass is 312 g/mol. The van der Waals surface area contributed by atoms with Crippen molar-refractivity contribution in [1.82, 2.24) is 8.87 Å². The molecular weight excluding hydrogens is 292 g/mol. The number of aromatic nitrogens is 1. The number of rotatable bonds is 4. The van der Waals surface area contributed by atoms with E-state index in [0.717, 1.165) is 12.8 Å². The van der Waals surface area contributed by atoms with E-state index in [-0.39, 0.29) is 10.6 Å². The summed E-state index contributed by atoms with van der Waals surface area (Å²) >= 11 is 0. The molecule has 0 unspecified atom stereocenters. The number of fused-ring (bicyclic) bond motifs is 1. The van der Waals surface area contributed by atoms with Gasteiger partial charge in [-0.1, -0.05) is 6.42 Å². The van der Waals surface area contributed by atoms with E-state index in [9.17, 15) is 13.2 Å². The zero-order chi connectivity index (χ0) is 15.2. The minimum absolute atomic E-state index is 0.0236. The third kappa shape index (κ3) is 2.38. The first-order valence-corrected chi connectivity index (χ1v) is 8.81. The predicted molar refractivity (Wildman–Crippen MR) is 76.7 cm³/mol. The van der Waals surface area contributed by atoms with Gasteiger partial charge in [-0.05, 0) is 37.7 Å². The molecule has 0 bridgehead atoms. The molecule has 2 fully saturated rings. The number of carbonyl (C=O) groups is 1. The molecule has 1 N–H and O–H groups in total. The Hall–Kier alpha value is -1.34. The van der Waals surface area contributed by atoms with Gasteiger partial charge < -0.3 is 9.67 Å². The van der Waals surface area contributed by atoms with Gasteiger partial charge >= 0.3 is 5.97 Å². The van der Waals surface area contributed by atoms with Gasteiger partial charge in [0.2, 0.25) is 10.0 Å². The van der Waals surface area contributed by atoms with E-state index in [1.807, 2.05) is 0 Å². The summed E-state index contributed by atoms with van der Waals surface area (Å²) in [6.45, 7) is 3.38. The van der Waals surface area contributed by atoms with Gasteiger partial charge in [-0.2, -0.15) is 4.31 Å². The Balaban J connectivity index is 1.90. The standard InChI is InChI=1S/C14H20N2O4S/c1-2-15-9-12(6-13(15)14(17)18)21(19,20)16-7-10-4-3-5-11(10)8-16/h6,9-11H,2-5,7-8H2,1H3,(H,17,18)/t10-,11+. The van der Waals surface area contributed by atoms with Crippen molar-refractivity contribution in [3.63, 3.8) is 0 Å². The summed E-state index contributed by atoms with van der Waals surface area (Å²) in [6, 6.07) is 1.27. The molecule has 0 spiro atoms. The van der Waals surface area contributed by atoms with Crippen LogP contribution in [0.4, 0.5) is 0 Å². The van der Waals surface area contributed by atoms with Gasteiger partial charge in [0, 0.05) is 25.8 Å². The summed E-state index contributed by atoms with van der Waals surface area (Å²) in [6.07, 6.45) is 4.84. The van der Waals surface area contributed by atoms with E-state index in [2.05, 4.69) is 0 Å². The zero-order valence-electron chi connectivity index (χ0n) is 12.0. The van der Waals surface area contributed by atoms with Crippen molar-refractivity contribution in [3.05, 3.63) is 18.0 Å². The molecule has 6 nitrogen and oxygen atoms in total. The second-order valence-electron chi connectivity index (χ2n) is 5.93. The molecule has 0 amide bonds. The molecule has 1 aliphatic heterocycles. The average molecular weight is 312 g/mol. The molecule has 116 valence electrons. The molecule has 1 aliphatic carbocycles. The number of hydrogen-bond acceptors (Lipinski definition) is 3. The summed E-state index contributed by atoms with van der Waals surface area (Å²) < 4.78 is 28.4. The third-order valence-electron chi connectivity index (χ3n) is 4.76. The van der Waals surface area contributed by atoms with Crippen molar-refractivity contribution < 1.29 is 18.3 Å². The predicted octanol–water partition coefficient (Wildman–Crippen LogP) is 1.63. The number of sulfonamides is 1. The highest BCUT2D eigenvalue weighted by Crippen LogP contribution is 2.39. The molecule has 21 heavy (non-hydrogen) atoms. The Bertz CT molecular complexity index is 653. The van der Waals surface area contributed by atoms with Crippen molar-refractivity contribution in [2.45, 2.75) is 37.6 Å². The third-order valence-corrected chi connectivity index (χ3v) is 6.56. The second kappa shape index (κ2) is 5.14. The normalized spacial score (nSPS) is 26.1. The van der Waals surface area contributed by atoms with Gasteiger partial charge in [0.15, 0.2) is 0 Å². The van der Waals surface area contributed by atoms with Gasteiger partial charge in [-0.25, -0.2) is 13.2 Å². The Morgan fingerprint density at radius 1 is 1.33 bits per heavy atom. The van der Waals surface area contributed by atoms with Crippen LogP contribution in [0.3, 0.4) is 0 Å². The number of carboxylic acids is 1. The number of carboxylic acid groups (broad SMARTS) is 1. The first-order valence-electron chi connectivity index (χ1n) is 7.37. The molecule has 2 aliphatic rings. The van der Waals surface area contributed by atoms with Crippen molar-refractivity contribution in [3.8, 4) is 0 Å². The smallest absolute Gasteiger partial charge is 0.352 e. The zero-order valence-corrected chi connectivity index (χ0v) is 12.8. The number of aromatic carboxylic acids is 1. The van der Waals surface area contributed by atoms with Crippen LogP contribution >= 0.6 is 0 Å². The van der Waals surface area contributed by atoms with E-state index in [0.29, 0.717) is 31.5 Å². The maximum atomic E-state index is 12.7.